The Kier molecular flexibility index (Phi) is 29.8. The van der Waals surface area contributed by atoms with Crippen molar-refractivity contribution in [2.45, 2.75) is 127 Å². The van der Waals surface area contributed by atoms with Crippen LogP contribution in [0.1, 0.15) is 90.9 Å². The highest BCUT2D eigenvalue weighted by atomic mass is 16.4. The fraction of sp³-hybridized carbons (Fsp3) is 0.711. The van der Waals surface area contributed by atoms with Gasteiger partial charge in [-0.3, -0.25) is 53.3 Å². The number of nitrogens with two attached hydrogens (primary N) is 8. The summed E-state index contributed by atoms with van der Waals surface area (Å²) >= 11 is 0. The van der Waals surface area contributed by atoms with Crippen molar-refractivity contribution in [3.8, 4) is 0 Å². The zero-order valence-electron chi connectivity index (χ0n) is 37.7. The molecule has 27 nitrogen and oxygen atoms in total. The second kappa shape index (κ2) is 33.1. The van der Waals surface area contributed by atoms with Gasteiger partial charge in [-0.2, -0.15) is 0 Å². The van der Waals surface area contributed by atoms with Crippen molar-refractivity contribution in [3.63, 3.8) is 0 Å². The fourth-order valence-corrected chi connectivity index (χ4v) is 6.10. The summed E-state index contributed by atoms with van der Waals surface area (Å²) in [5.41, 5.74) is 43.9. The van der Waals surface area contributed by atoms with Crippen molar-refractivity contribution in [2.75, 3.05) is 39.8 Å². The lowest BCUT2D eigenvalue weighted by Gasteiger charge is -2.27. The molecular weight excluding hydrogens is 853 g/mol. The summed E-state index contributed by atoms with van der Waals surface area (Å²) in [6.45, 7) is 3.66. The summed E-state index contributed by atoms with van der Waals surface area (Å²) in [5, 5.41) is 27.2. The highest BCUT2D eigenvalue weighted by Gasteiger charge is 2.32. The second-order valence-corrected chi connectivity index (χ2v) is 15.5. The Morgan fingerprint density at radius 3 is 1.28 bits per heavy atom. The summed E-state index contributed by atoms with van der Waals surface area (Å²) in [7, 11) is 1.47. The summed E-state index contributed by atoms with van der Waals surface area (Å²) < 4.78 is 0. The van der Waals surface area contributed by atoms with Gasteiger partial charge in [-0.1, -0.05) is 13.8 Å². The summed E-state index contributed by atoms with van der Waals surface area (Å²) in [4.78, 5) is 116. The zero-order chi connectivity index (χ0) is 49.5. The Bertz CT molecular complexity index is 1630. The van der Waals surface area contributed by atoms with Gasteiger partial charge >= 0.3 is 5.97 Å². The molecule has 0 bridgehead atoms. The minimum atomic E-state index is -1.30. The maximum atomic E-state index is 14.1. The number of rotatable bonds is 35. The van der Waals surface area contributed by atoms with Crippen LogP contribution in [-0.2, 0) is 38.4 Å². The number of carboxylic acids is 1. The van der Waals surface area contributed by atoms with Gasteiger partial charge in [-0.25, -0.2) is 0 Å². The first-order valence-electron chi connectivity index (χ1n) is 21.4. The predicted molar refractivity (Wildman–Crippen MR) is 244 cm³/mol. The molecule has 7 amide bonds. The number of amides is 7. The highest BCUT2D eigenvalue weighted by Crippen LogP contribution is 2.10. The minimum Gasteiger partial charge on any atom is -0.481 e. The Labute approximate surface area is 379 Å². The van der Waals surface area contributed by atoms with Gasteiger partial charge in [-0.15, -0.1) is 0 Å². The molecule has 0 aliphatic heterocycles. The Morgan fingerprint density at radius 2 is 0.908 bits per heavy atom. The Morgan fingerprint density at radius 1 is 0.508 bits per heavy atom. The SMILES string of the molecule is CN[C@@H](CCC(=O)O)C(=O)NCC(=O)N[C@@H](CC(C)C)C(=O)N[C@@H](CCCN=C(N)N)C(=O)N[C@@H](CCCCN)C(=O)N[C@@H](CCCN=C(N)N)C(=O)N[C@@H](CCCN=C(N)N)C(N)=O. The molecule has 0 rings (SSSR count). The third-order valence-electron chi connectivity index (χ3n) is 9.44. The molecule has 0 unspecified atom stereocenters. The number of hydrogen-bond donors (Lipinski definition) is 16. The van der Waals surface area contributed by atoms with E-state index in [2.05, 4.69) is 52.2 Å². The standard InChI is InChI=1S/C38H74N18O9/c1-21(2)19-27(52-28(57)20-51-31(61)23(47-3)13-14-29(58)59)35(65)56-26(12-8-18-50-38(45)46)34(64)54-24(9-4-5-15-39)33(63)55-25(11-7-17-49-37(43)44)32(62)53-22(30(40)60)10-6-16-48-36(41)42/h21-27,47H,4-20,39H2,1-3H3,(H2,40,60)(H,51,61)(H,52,57)(H,53,62)(H,54,64)(H,55,63)(H,56,65)(H,58,59)(H4,41,42,48)(H4,43,44,49)(H4,45,46,50)/t22-,23-,24-,25-,26-,27-/m0/s1. The van der Waals surface area contributed by atoms with E-state index in [1.807, 2.05) is 0 Å². The van der Waals surface area contributed by atoms with Crippen LogP contribution >= 0.6 is 0 Å². The quantitative estimate of drug-likeness (QED) is 0.0160. The number of likely N-dealkylation sites (N-methyl/N-ethyl adjacent to an activating group) is 1. The average molecular weight is 927 g/mol. The summed E-state index contributed by atoms with van der Waals surface area (Å²) in [6, 6.07) is -7.05. The van der Waals surface area contributed by atoms with E-state index in [9.17, 15) is 38.4 Å². The van der Waals surface area contributed by atoms with E-state index in [1.54, 1.807) is 13.8 Å². The first-order valence-corrected chi connectivity index (χ1v) is 21.4. The molecule has 24 N–H and O–H groups in total. The number of carbonyl (C=O) groups is 8. The molecule has 27 heteroatoms. The first kappa shape index (κ1) is 58.5. The number of unbranched alkanes of at least 4 members (excludes halogenated alkanes) is 1. The first-order chi connectivity index (χ1) is 30.6. The van der Waals surface area contributed by atoms with Crippen LogP contribution in [0.25, 0.3) is 0 Å². The van der Waals surface area contributed by atoms with Gasteiger partial charge in [0.1, 0.15) is 30.2 Å². The zero-order valence-corrected chi connectivity index (χ0v) is 37.7. The number of hydrogen-bond acceptors (Lipinski definition) is 13. The molecule has 370 valence electrons. The van der Waals surface area contributed by atoms with Crippen LogP contribution in [0.2, 0.25) is 0 Å². The van der Waals surface area contributed by atoms with Crippen molar-refractivity contribution in [1.29, 1.82) is 0 Å². The molecular formula is C38H74N18O9. The molecule has 0 saturated heterocycles. The maximum absolute atomic E-state index is 14.1. The van der Waals surface area contributed by atoms with Crippen LogP contribution in [0, 0.1) is 5.92 Å². The van der Waals surface area contributed by atoms with Crippen molar-refractivity contribution < 1.29 is 43.5 Å². The van der Waals surface area contributed by atoms with E-state index in [0.717, 1.165) is 0 Å². The van der Waals surface area contributed by atoms with E-state index in [4.69, 9.17) is 51.0 Å². The highest BCUT2D eigenvalue weighted by molar-refractivity contribution is 5.96. The number of primary amides is 1. The molecule has 65 heavy (non-hydrogen) atoms. The minimum absolute atomic E-state index is 0.00574. The number of carboxylic acid groups (broad SMARTS) is 1. The number of nitrogens with one attached hydrogen (secondary N) is 7. The van der Waals surface area contributed by atoms with Gasteiger partial charge in [0, 0.05) is 26.1 Å². The molecule has 6 atom stereocenters. The number of aliphatic imine (C=N–C) groups is 3. The fourth-order valence-electron chi connectivity index (χ4n) is 6.10. The average Bonchev–Trinajstić information content (AvgIpc) is 3.21. The third kappa shape index (κ3) is 28.0. The number of guanidine groups is 3. The van der Waals surface area contributed by atoms with E-state index < -0.39 is 90.1 Å². The van der Waals surface area contributed by atoms with Crippen LogP contribution in [0.5, 0.6) is 0 Å². The topological polar surface area (TPSA) is 486 Å². The smallest absolute Gasteiger partial charge is 0.303 e. The molecule has 0 aliphatic carbocycles. The monoisotopic (exact) mass is 927 g/mol. The van der Waals surface area contributed by atoms with Gasteiger partial charge in [0.2, 0.25) is 41.4 Å². The van der Waals surface area contributed by atoms with Crippen molar-refractivity contribution in [3.05, 3.63) is 0 Å². The molecule has 0 fully saturated rings. The predicted octanol–water partition coefficient (Wildman–Crippen LogP) is -6.20. The van der Waals surface area contributed by atoms with Gasteiger partial charge < -0.3 is 88.2 Å². The molecule has 0 aromatic carbocycles. The lowest BCUT2D eigenvalue weighted by atomic mass is 10.0. The largest absolute Gasteiger partial charge is 0.481 e. The van der Waals surface area contributed by atoms with Crippen LogP contribution < -0.4 is 83.1 Å². The van der Waals surface area contributed by atoms with Gasteiger partial charge in [-0.05, 0) is 90.1 Å². The van der Waals surface area contributed by atoms with E-state index in [0.29, 0.717) is 12.8 Å². The number of nitrogens with zero attached hydrogens (tertiary/aromatic N) is 3. The molecule has 0 aromatic rings. The van der Waals surface area contributed by atoms with Crippen LogP contribution in [0.15, 0.2) is 15.0 Å². The second-order valence-electron chi connectivity index (χ2n) is 15.5. The van der Waals surface area contributed by atoms with Crippen LogP contribution in [0.3, 0.4) is 0 Å². The molecule has 0 spiro atoms. The third-order valence-corrected chi connectivity index (χ3v) is 9.44. The molecule has 0 saturated carbocycles. The van der Waals surface area contributed by atoms with Gasteiger partial charge in [0.15, 0.2) is 17.9 Å². The normalized spacial score (nSPS) is 13.6. The van der Waals surface area contributed by atoms with Crippen molar-refractivity contribution in [2.24, 2.45) is 66.8 Å². The van der Waals surface area contributed by atoms with Gasteiger partial charge in [0.05, 0.1) is 12.6 Å². The molecule has 0 radical (unpaired) electrons. The summed E-state index contributed by atoms with van der Waals surface area (Å²) in [5.74, 6) is -7.07. The van der Waals surface area contributed by atoms with E-state index in [1.165, 1.54) is 7.05 Å². The lowest BCUT2D eigenvalue weighted by molar-refractivity contribution is -0.137. The Balaban J connectivity index is 6.49. The van der Waals surface area contributed by atoms with Crippen LogP contribution in [-0.4, -0.2) is 146 Å². The van der Waals surface area contributed by atoms with Crippen LogP contribution in [0.4, 0.5) is 0 Å². The van der Waals surface area contributed by atoms with Crippen molar-refractivity contribution in [1.82, 2.24) is 37.2 Å². The molecule has 0 heterocycles. The van der Waals surface area contributed by atoms with E-state index in [-0.39, 0.29) is 114 Å². The lowest BCUT2D eigenvalue weighted by Crippen LogP contribution is -2.59. The Hall–Kier alpha value is -6.51. The molecule has 0 aliphatic rings. The number of aliphatic carboxylic acids is 1. The van der Waals surface area contributed by atoms with E-state index >= 15 is 0 Å². The summed E-state index contributed by atoms with van der Waals surface area (Å²) in [6.07, 6.45) is 1.41. The van der Waals surface area contributed by atoms with Crippen molar-refractivity contribution >= 4 is 65.2 Å². The van der Waals surface area contributed by atoms with Gasteiger partial charge in [0.25, 0.3) is 0 Å². The molecule has 0 aromatic heterocycles. The maximum Gasteiger partial charge on any atom is 0.303 e. The number of carbonyl (C=O) groups excluding carboxylic acids is 7.